The molecule has 0 fully saturated rings. The van der Waals surface area contributed by atoms with Crippen LogP contribution in [0.1, 0.15) is 27.7 Å². The molecule has 46 heavy (non-hydrogen) atoms. The minimum atomic E-state index is -0.889. The predicted octanol–water partition coefficient (Wildman–Crippen LogP) is 13.8. The van der Waals surface area contributed by atoms with Crippen molar-refractivity contribution < 1.29 is 0 Å². The third-order valence-electron chi connectivity index (χ3n) is 8.56. The summed E-state index contributed by atoms with van der Waals surface area (Å²) in [6, 6.07) is 45.7. The Labute approximate surface area is 280 Å². The van der Waals surface area contributed by atoms with Gasteiger partial charge in [-0.25, -0.2) is 20.1 Å². The molecule has 0 radical (unpaired) electrons. The van der Waals surface area contributed by atoms with Gasteiger partial charge in [-0.2, -0.15) is 0 Å². The summed E-state index contributed by atoms with van der Waals surface area (Å²) in [7, 11) is -1.78. The zero-order valence-corrected chi connectivity index (χ0v) is 31.0. The Balaban J connectivity index is 0.00000100. The van der Waals surface area contributed by atoms with E-state index in [2.05, 4.69) is 159 Å². The van der Waals surface area contributed by atoms with E-state index < -0.39 is 20.1 Å². The van der Waals surface area contributed by atoms with Crippen molar-refractivity contribution in [2.24, 2.45) is 0 Å². The van der Waals surface area contributed by atoms with Crippen molar-refractivity contribution >= 4 is 63.1 Å². The average Bonchev–Trinajstić information content (AvgIpc) is 3.07. The number of benzene rings is 7. The average molecular weight is 643 g/mol. The number of hydrogen-bond acceptors (Lipinski definition) is 0. The highest BCUT2D eigenvalue weighted by molar-refractivity contribution is 8.32. The molecule has 0 aliphatic heterocycles. The van der Waals surface area contributed by atoms with Crippen LogP contribution < -0.4 is 0 Å². The first kappa shape index (κ1) is 33.6. The molecular formula is C44H50S2. The van der Waals surface area contributed by atoms with Crippen LogP contribution in [0.4, 0.5) is 0 Å². The van der Waals surface area contributed by atoms with Crippen molar-refractivity contribution in [1.29, 1.82) is 0 Å². The molecule has 0 unspecified atom stereocenters. The quantitative estimate of drug-likeness (QED) is 0.168. The van der Waals surface area contributed by atoms with E-state index in [1.807, 2.05) is 27.7 Å². The lowest BCUT2D eigenvalue weighted by atomic mass is 9.84. The van der Waals surface area contributed by atoms with Crippen LogP contribution >= 0.6 is 20.1 Å². The molecular weight excluding hydrogens is 593 g/mol. The van der Waals surface area contributed by atoms with Crippen molar-refractivity contribution in [3.63, 3.8) is 0 Å². The van der Waals surface area contributed by atoms with E-state index in [0.29, 0.717) is 0 Å². The van der Waals surface area contributed by atoms with Crippen LogP contribution in [0.2, 0.25) is 0 Å². The highest BCUT2D eigenvalue weighted by Gasteiger charge is 2.22. The fourth-order valence-corrected chi connectivity index (χ4v) is 9.38. The molecule has 0 aliphatic carbocycles. The van der Waals surface area contributed by atoms with Gasteiger partial charge in [-0.3, -0.25) is 0 Å². The van der Waals surface area contributed by atoms with Gasteiger partial charge in [0.05, 0.1) is 0 Å². The van der Waals surface area contributed by atoms with Gasteiger partial charge in [0.25, 0.3) is 0 Å². The van der Waals surface area contributed by atoms with Crippen LogP contribution in [0.3, 0.4) is 0 Å². The highest BCUT2D eigenvalue weighted by Crippen LogP contribution is 2.53. The van der Waals surface area contributed by atoms with Gasteiger partial charge in [-0.1, -0.05) is 137 Å². The SMILES string of the molecule is CC.CC.CS(C)(C)c1ccc(-c2c3ccccc3c(-c3ccc(S(C)(C)C)c4ccccc34)c3ccccc23)c2ccccc12. The molecule has 0 spiro atoms. The fraction of sp³-hybridized carbons (Fsp3) is 0.227. The lowest BCUT2D eigenvalue weighted by Crippen LogP contribution is -1.97. The van der Waals surface area contributed by atoms with E-state index in [1.165, 1.54) is 75.1 Å². The van der Waals surface area contributed by atoms with Crippen molar-refractivity contribution in [1.82, 2.24) is 0 Å². The summed E-state index contributed by atoms with van der Waals surface area (Å²) in [5.41, 5.74) is 5.29. The second-order valence-corrected chi connectivity index (χ2v) is 21.1. The van der Waals surface area contributed by atoms with E-state index in [1.54, 1.807) is 0 Å². The minimum Gasteiger partial charge on any atom is -0.223 e. The summed E-state index contributed by atoms with van der Waals surface area (Å²) in [4.78, 5) is 2.94. The zero-order chi connectivity index (χ0) is 33.2. The largest absolute Gasteiger partial charge is 0.223 e. The maximum Gasteiger partial charge on any atom is -0.00201 e. The molecule has 7 aromatic rings. The van der Waals surface area contributed by atoms with Crippen LogP contribution in [0.15, 0.2) is 131 Å². The molecule has 0 heterocycles. The summed E-state index contributed by atoms with van der Waals surface area (Å²) in [5.74, 6) is 0. The molecule has 0 atom stereocenters. The highest BCUT2D eigenvalue weighted by atomic mass is 32.3. The summed E-state index contributed by atoms with van der Waals surface area (Å²) in [6.07, 6.45) is 14.4. The van der Waals surface area contributed by atoms with Crippen LogP contribution in [-0.4, -0.2) is 37.5 Å². The van der Waals surface area contributed by atoms with Gasteiger partial charge in [0.15, 0.2) is 0 Å². The number of rotatable bonds is 4. The fourth-order valence-electron chi connectivity index (χ4n) is 6.76. The Kier molecular flexibility index (Phi) is 9.92. The van der Waals surface area contributed by atoms with Crippen molar-refractivity contribution in [2.45, 2.75) is 37.5 Å². The number of hydrogen-bond donors (Lipinski definition) is 0. The standard InChI is InChI=1S/C40H38S2.2C2H6/c1-41(2,3)37-25-23-35(27-15-7-9-17-29(27)37)39-31-19-11-13-21-33(31)40(34-22-14-12-20-32(34)39)36-24-26-38(42(4,5)6)30-18-10-8-16-28(30)36;2*1-2/h7-26H,1-6H3;2*1-2H3. The van der Waals surface area contributed by atoms with Crippen molar-refractivity contribution in [3.8, 4) is 22.3 Å². The lowest BCUT2D eigenvalue weighted by molar-refractivity contribution is 1.50. The maximum absolute atomic E-state index is 2.39. The van der Waals surface area contributed by atoms with E-state index in [0.717, 1.165) is 0 Å². The maximum atomic E-state index is 2.39. The van der Waals surface area contributed by atoms with Crippen molar-refractivity contribution in [3.05, 3.63) is 121 Å². The van der Waals surface area contributed by atoms with Gasteiger partial charge in [-0.05, 0) is 125 Å². The lowest BCUT2D eigenvalue weighted by Gasteiger charge is -2.29. The Morgan fingerprint density at radius 1 is 0.283 bits per heavy atom. The first-order valence-electron chi connectivity index (χ1n) is 16.5. The molecule has 0 aromatic heterocycles. The Morgan fingerprint density at radius 3 is 0.783 bits per heavy atom. The molecule has 0 saturated heterocycles. The Morgan fingerprint density at radius 2 is 0.522 bits per heavy atom. The first-order valence-corrected chi connectivity index (χ1v) is 22.2. The predicted molar refractivity (Wildman–Crippen MR) is 217 cm³/mol. The van der Waals surface area contributed by atoms with E-state index in [9.17, 15) is 0 Å². The molecule has 0 nitrogen and oxygen atoms in total. The first-order chi connectivity index (χ1) is 22.1. The molecule has 7 aromatic carbocycles. The Hall–Kier alpha value is -3.72. The monoisotopic (exact) mass is 642 g/mol. The summed E-state index contributed by atoms with van der Waals surface area (Å²) >= 11 is 0. The van der Waals surface area contributed by atoms with Gasteiger partial charge in [0, 0.05) is 0 Å². The third-order valence-corrected chi connectivity index (χ3v) is 11.9. The van der Waals surface area contributed by atoms with Gasteiger partial charge >= 0.3 is 0 Å². The summed E-state index contributed by atoms with van der Waals surface area (Å²) in [6.45, 7) is 8.00. The van der Waals surface area contributed by atoms with Gasteiger partial charge < -0.3 is 0 Å². The van der Waals surface area contributed by atoms with Crippen LogP contribution in [0, 0.1) is 0 Å². The summed E-state index contributed by atoms with van der Waals surface area (Å²) < 4.78 is 0. The summed E-state index contributed by atoms with van der Waals surface area (Å²) in [5, 5.41) is 10.7. The van der Waals surface area contributed by atoms with Crippen LogP contribution in [-0.2, 0) is 0 Å². The molecule has 238 valence electrons. The van der Waals surface area contributed by atoms with Gasteiger partial charge in [0.2, 0.25) is 0 Å². The van der Waals surface area contributed by atoms with E-state index in [-0.39, 0.29) is 0 Å². The smallest absolute Gasteiger partial charge is 0.00201 e. The van der Waals surface area contributed by atoms with E-state index >= 15 is 0 Å². The third kappa shape index (κ3) is 5.94. The molecule has 0 bridgehead atoms. The molecule has 7 rings (SSSR count). The number of fused-ring (bicyclic) bond motifs is 4. The van der Waals surface area contributed by atoms with E-state index in [4.69, 9.17) is 0 Å². The van der Waals surface area contributed by atoms with Gasteiger partial charge in [-0.15, -0.1) is 0 Å². The minimum absolute atomic E-state index is 0.889. The Bertz CT molecular complexity index is 1940. The molecule has 0 amide bonds. The second-order valence-electron chi connectivity index (χ2n) is 12.8. The van der Waals surface area contributed by atoms with Crippen LogP contribution in [0.25, 0.3) is 65.3 Å². The topological polar surface area (TPSA) is 0 Å². The molecule has 2 heteroatoms. The second kappa shape index (κ2) is 13.6. The van der Waals surface area contributed by atoms with Crippen LogP contribution in [0.5, 0.6) is 0 Å². The molecule has 0 saturated carbocycles. The normalized spacial score (nSPS) is 12.4. The zero-order valence-electron chi connectivity index (χ0n) is 29.4. The van der Waals surface area contributed by atoms with Crippen molar-refractivity contribution in [2.75, 3.05) is 37.5 Å². The van der Waals surface area contributed by atoms with Gasteiger partial charge in [0.1, 0.15) is 0 Å². The molecule has 0 N–H and O–H groups in total. The molecule has 0 aliphatic rings.